The molecule has 1 amide bonds. The number of carbonyl (C=O) groups is 2. The van der Waals surface area contributed by atoms with Gasteiger partial charge in [0.25, 0.3) is 0 Å². The highest BCUT2D eigenvalue weighted by Gasteiger charge is 2.50. The minimum absolute atomic E-state index is 0.137. The number of nitrogens with one attached hydrogen (secondary N) is 2. The van der Waals surface area contributed by atoms with Crippen molar-refractivity contribution in [2.24, 2.45) is 5.41 Å². The maximum Gasteiger partial charge on any atom is 0.311 e. The largest absolute Gasteiger partial charge is 0.481 e. The molecule has 0 bridgehead atoms. The number of para-hydroxylation sites is 1. The molecule has 3 N–H and O–H groups in total. The van der Waals surface area contributed by atoms with E-state index >= 15 is 0 Å². The van der Waals surface area contributed by atoms with Crippen LogP contribution in [-0.2, 0) is 16.0 Å². The van der Waals surface area contributed by atoms with E-state index < -0.39 is 11.4 Å². The van der Waals surface area contributed by atoms with Gasteiger partial charge in [-0.1, -0.05) is 18.2 Å². The monoisotopic (exact) mass is 272 g/mol. The lowest BCUT2D eigenvalue weighted by Crippen LogP contribution is -2.35. The number of aromatic amines is 1. The Hall–Kier alpha value is -2.30. The number of benzene rings is 1. The van der Waals surface area contributed by atoms with Gasteiger partial charge in [0.05, 0.1) is 11.8 Å². The zero-order chi connectivity index (χ0) is 14.2. The van der Waals surface area contributed by atoms with Crippen LogP contribution in [0, 0.1) is 5.41 Å². The molecule has 1 saturated carbocycles. The lowest BCUT2D eigenvalue weighted by molar-refractivity contribution is -0.143. The van der Waals surface area contributed by atoms with Crippen LogP contribution in [0.1, 0.15) is 18.4 Å². The van der Waals surface area contributed by atoms with Crippen molar-refractivity contribution in [2.75, 3.05) is 6.54 Å². The summed E-state index contributed by atoms with van der Waals surface area (Å²) in [5.41, 5.74) is 1.22. The van der Waals surface area contributed by atoms with Crippen LogP contribution in [0.25, 0.3) is 10.9 Å². The van der Waals surface area contributed by atoms with E-state index in [9.17, 15) is 9.59 Å². The van der Waals surface area contributed by atoms with Crippen LogP contribution in [0.15, 0.2) is 30.5 Å². The summed E-state index contributed by atoms with van der Waals surface area (Å²) >= 11 is 0. The maximum atomic E-state index is 11.9. The van der Waals surface area contributed by atoms with Crippen LogP contribution in [0.3, 0.4) is 0 Å². The third-order valence-corrected chi connectivity index (χ3v) is 3.96. The minimum atomic E-state index is -0.815. The van der Waals surface area contributed by atoms with Crippen molar-refractivity contribution < 1.29 is 14.7 Å². The molecule has 0 aliphatic heterocycles. The Bertz CT molecular complexity index is 671. The number of fused-ring (bicyclic) bond motifs is 1. The molecule has 5 nitrogen and oxygen atoms in total. The summed E-state index contributed by atoms with van der Waals surface area (Å²) in [6, 6.07) is 7.79. The second-order valence-corrected chi connectivity index (χ2v) is 5.40. The first-order chi connectivity index (χ1) is 9.61. The Balaban J connectivity index is 1.63. The molecule has 20 heavy (non-hydrogen) atoms. The molecule has 5 heteroatoms. The van der Waals surface area contributed by atoms with Gasteiger partial charge in [0.2, 0.25) is 5.91 Å². The molecule has 104 valence electrons. The highest BCUT2D eigenvalue weighted by Crippen LogP contribution is 2.45. The molecule has 1 aromatic heterocycles. The molecule has 1 heterocycles. The summed E-state index contributed by atoms with van der Waals surface area (Å²) in [5.74, 6) is -0.952. The molecule has 1 aliphatic carbocycles. The van der Waals surface area contributed by atoms with E-state index in [-0.39, 0.29) is 18.9 Å². The Kier molecular flexibility index (Phi) is 2.97. The molecule has 2 aromatic rings. The Morgan fingerprint density at radius 3 is 2.75 bits per heavy atom. The van der Waals surface area contributed by atoms with Crippen molar-refractivity contribution in [3.8, 4) is 0 Å². The standard InChI is InChI=1S/C15H16N2O3/c18-13(17-9-15(5-6-15)14(19)20)7-10-8-16-12-4-2-1-3-11(10)12/h1-4,8,16H,5-7,9H2,(H,17,18)(H,19,20). The summed E-state index contributed by atoms with van der Waals surface area (Å²) in [5, 5.41) is 12.8. The normalized spacial score (nSPS) is 16.0. The zero-order valence-corrected chi connectivity index (χ0v) is 11.0. The number of rotatable bonds is 5. The molecule has 0 saturated heterocycles. The third kappa shape index (κ3) is 2.27. The van der Waals surface area contributed by atoms with Gasteiger partial charge in [0, 0.05) is 23.6 Å². The fraction of sp³-hybridized carbons (Fsp3) is 0.333. The summed E-state index contributed by atoms with van der Waals surface area (Å²) < 4.78 is 0. The van der Waals surface area contributed by atoms with Crippen molar-refractivity contribution >= 4 is 22.8 Å². The average molecular weight is 272 g/mol. The van der Waals surface area contributed by atoms with Gasteiger partial charge in [-0.15, -0.1) is 0 Å². The van der Waals surface area contributed by atoms with Crippen LogP contribution < -0.4 is 5.32 Å². The Morgan fingerprint density at radius 1 is 1.30 bits per heavy atom. The molecule has 0 unspecified atom stereocenters. The molecular formula is C15H16N2O3. The number of H-pyrrole nitrogens is 1. The van der Waals surface area contributed by atoms with Gasteiger partial charge in [-0.2, -0.15) is 0 Å². The van der Waals surface area contributed by atoms with Crippen LogP contribution in [0.2, 0.25) is 0 Å². The van der Waals surface area contributed by atoms with Crippen LogP contribution in [-0.4, -0.2) is 28.5 Å². The van der Waals surface area contributed by atoms with Crippen molar-refractivity contribution in [2.45, 2.75) is 19.3 Å². The van der Waals surface area contributed by atoms with Gasteiger partial charge in [-0.05, 0) is 24.5 Å². The number of hydrogen-bond donors (Lipinski definition) is 3. The van der Waals surface area contributed by atoms with Crippen LogP contribution >= 0.6 is 0 Å². The van der Waals surface area contributed by atoms with Gasteiger partial charge in [-0.3, -0.25) is 9.59 Å². The summed E-state index contributed by atoms with van der Waals surface area (Å²) in [7, 11) is 0. The SMILES string of the molecule is O=C(Cc1c[nH]c2ccccc12)NCC1(C(=O)O)CC1. The maximum absolute atomic E-state index is 11.9. The lowest BCUT2D eigenvalue weighted by Gasteiger charge is -2.10. The minimum Gasteiger partial charge on any atom is -0.481 e. The predicted octanol–water partition coefficient (Wildman–Crippen LogP) is 1.69. The first kappa shape index (κ1) is 12.7. The number of carboxylic acid groups (broad SMARTS) is 1. The van der Waals surface area contributed by atoms with Crippen molar-refractivity contribution in [1.82, 2.24) is 10.3 Å². The highest BCUT2D eigenvalue weighted by atomic mass is 16.4. The topological polar surface area (TPSA) is 82.2 Å². The molecule has 3 rings (SSSR count). The van der Waals surface area contributed by atoms with Crippen molar-refractivity contribution in [1.29, 1.82) is 0 Å². The van der Waals surface area contributed by atoms with E-state index in [1.807, 2.05) is 30.5 Å². The molecule has 0 radical (unpaired) electrons. The molecule has 0 spiro atoms. The van der Waals surface area contributed by atoms with E-state index in [0.717, 1.165) is 16.5 Å². The number of aromatic nitrogens is 1. The predicted molar refractivity (Wildman–Crippen MR) is 74.3 cm³/mol. The number of carbonyl (C=O) groups excluding carboxylic acids is 1. The van der Waals surface area contributed by atoms with Gasteiger partial charge < -0.3 is 15.4 Å². The fourth-order valence-corrected chi connectivity index (χ4v) is 2.40. The van der Waals surface area contributed by atoms with E-state index in [4.69, 9.17) is 5.11 Å². The first-order valence-corrected chi connectivity index (χ1v) is 6.66. The van der Waals surface area contributed by atoms with Gasteiger partial charge in [-0.25, -0.2) is 0 Å². The van der Waals surface area contributed by atoms with Crippen molar-refractivity contribution in [3.63, 3.8) is 0 Å². The molecule has 1 aromatic carbocycles. The second-order valence-electron chi connectivity index (χ2n) is 5.40. The fourth-order valence-electron chi connectivity index (χ4n) is 2.40. The van der Waals surface area contributed by atoms with Crippen LogP contribution in [0.4, 0.5) is 0 Å². The van der Waals surface area contributed by atoms with Crippen LogP contribution in [0.5, 0.6) is 0 Å². The average Bonchev–Trinajstić information content (AvgIpc) is 3.14. The summed E-state index contributed by atoms with van der Waals surface area (Å²) in [6.45, 7) is 0.226. The number of aliphatic carboxylic acids is 1. The Morgan fingerprint density at radius 2 is 2.05 bits per heavy atom. The molecule has 1 fully saturated rings. The Labute approximate surface area is 116 Å². The van der Waals surface area contributed by atoms with E-state index in [2.05, 4.69) is 10.3 Å². The summed E-state index contributed by atoms with van der Waals surface area (Å²) in [6.07, 6.45) is 3.39. The van der Waals surface area contributed by atoms with E-state index in [1.165, 1.54) is 0 Å². The van der Waals surface area contributed by atoms with E-state index in [1.54, 1.807) is 0 Å². The third-order valence-electron chi connectivity index (χ3n) is 3.96. The van der Waals surface area contributed by atoms with E-state index in [0.29, 0.717) is 12.8 Å². The highest BCUT2D eigenvalue weighted by molar-refractivity contribution is 5.89. The lowest BCUT2D eigenvalue weighted by atomic mass is 10.1. The number of hydrogen-bond acceptors (Lipinski definition) is 2. The number of carboxylic acids is 1. The van der Waals surface area contributed by atoms with Gasteiger partial charge in [0.15, 0.2) is 0 Å². The smallest absolute Gasteiger partial charge is 0.311 e. The van der Waals surface area contributed by atoms with Crippen molar-refractivity contribution in [3.05, 3.63) is 36.0 Å². The second kappa shape index (κ2) is 4.67. The summed E-state index contributed by atoms with van der Waals surface area (Å²) in [4.78, 5) is 26.1. The zero-order valence-electron chi connectivity index (χ0n) is 11.0. The molecule has 1 aliphatic rings. The number of amides is 1. The molecule has 0 atom stereocenters. The first-order valence-electron chi connectivity index (χ1n) is 6.66. The van der Waals surface area contributed by atoms with Gasteiger partial charge >= 0.3 is 5.97 Å². The van der Waals surface area contributed by atoms with Gasteiger partial charge in [0.1, 0.15) is 0 Å². The molecular weight excluding hydrogens is 256 g/mol. The quantitative estimate of drug-likeness (QED) is 0.774.